The van der Waals surface area contributed by atoms with Crippen molar-refractivity contribution >= 4 is 77.6 Å². The third kappa shape index (κ3) is 3.14. The first kappa shape index (κ1) is 24.2. The first-order valence-corrected chi connectivity index (χ1v) is 13.2. The van der Waals surface area contributed by atoms with Crippen LogP contribution in [-0.2, 0) is 31.9 Å². The molecule has 4 aromatic carbocycles. The maximum absolute atomic E-state index is 13.9. The average molecular weight is 557 g/mol. The van der Waals surface area contributed by atoms with Crippen molar-refractivity contribution in [2.24, 2.45) is 0 Å². The Bertz CT molecular complexity index is 2400. The Kier molecular flexibility index (Phi) is 4.85. The molecule has 8 rings (SSSR count). The van der Waals surface area contributed by atoms with E-state index in [-0.39, 0.29) is 35.9 Å². The summed E-state index contributed by atoms with van der Waals surface area (Å²) in [7, 11) is 2.68. The molecular weight excluding hydrogens is 536 g/mol. The van der Waals surface area contributed by atoms with E-state index in [1.165, 1.54) is 14.2 Å². The molecule has 0 atom stereocenters. The highest BCUT2D eigenvalue weighted by molar-refractivity contribution is 6.27. The molecule has 0 N–H and O–H groups in total. The van der Waals surface area contributed by atoms with Crippen LogP contribution in [-0.4, -0.2) is 44.9 Å². The fourth-order valence-electron chi connectivity index (χ4n) is 6.19. The van der Waals surface area contributed by atoms with Crippen LogP contribution in [0.3, 0.4) is 0 Å². The lowest BCUT2D eigenvalue weighted by Crippen LogP contribution is -2.16. The van der Waals surface area contributed by atoms with Crippen molar-refractivity contribution in [3.63, 3.8) is 0 Å². The molecule has 0 unspecified atom stereocenters. The third-order valence-corrected chi connectivity index (χ3v) is 8.10. The molecule has 0 saturated heterocycles. The summed E-state index contributed by atoms with van der Waals surface area (Å²) >= 11 is 0. The van der Waals surface area contributed by atoms with Crippen molar-refractivity contribution in [3.8, 4) is 0 Å². The molecule has 0 amide bonds. The van der Waals surface area contributed by atoms with Crippen molar-refractivity contribution in [2.75, 3.05) is 14.2 Å². The molecule has 204 valence electrons. The maximum Gasteiger partial charge on any atom is 0.309 e. The molecule has 0 aliphatic carbocycles. The van der Waals surface area contributed by atoms with E-state index in [1.807, 2.05) is 12.1 Å². The molecule has 0 fully saturated rings. The number of pyridine rings is 2. The molecule has 0 bridgehead atoms. The van der Waals surface area contributed by atoms with Gasteiger partial charge in [0.15, 0.2) is 0 Å². The predicted octanol–water partition coefficient (Wildman–Crippen LogP) is 3.78. The predicted molar refractivity (Wildman–Crippen MR) is 158 cm³/mol. The van der Waals surface area contributed by atoms with Crippen molar-refractivity contribution in [1.29, 1.82) is 0 Å². The molecule has 8 aromatic rings. The molecule has 0 aliphatic rings. The Labute approximate surface area is 235 Å². The lowest BCUT2D eigenvalue weighted by Gasteiger charge is -2.12. The van der Waals surface area contributed by atoms with Gasteiger partial charge in [-0.05, 0) is 59.7 Å². The Hall–Kier alpha value is -5.64. The van der Waals surface area contributed by atoms with E-state index in [2.05, 4.69) is 0 Å². The fraction of sp³-hybridized carbons (Fsp3) is 0.125. The second-order valence-corrected chi connectivity index (χ2v) is 10.4. The van der Waals surface area contributed by atoms with Crippen molar-refractivity contribution in [1.82, 2.24) is 18.8 Å². The van der Waals surface area contributed by atoms with Crippen LogP contribution in [0.4, 0.5) is 0 Å². The zero-order chi connectivity index (χ0) is 28.9. The molecule has 4 heterocycles. The molecule has 0 saturated carbocycles. The first-order valence-electron chi connectivity index (χ1n) is 13.2. The van der Waals surface area contributed by atoms with Crippen LogP contribution in [0.2, 0.25) is 0 Å². The van der Waals surface area contributed by atoms with E-state index in [4.69, 9.17) is 19.4 Å². The minimum atomic E-state index is -0.364. The standard InChI is InChI=1S/C32H20N4O6/c1-41-25(37)13-15-3-9-23-21(11-15)33-29-17-5-6-18-28-20(8-7-19(27(17)28)31(39)35(23)29)32(40)36-24-10-4-16(14-26(38)42-2)12-22(24)34-30(18)36/h3-12H,13-14H2,1-2H3. The van der Waals surface area contributed by atoms with Crippen molar-refractivity contribution in [3.05, 3.63) is 92.5 Å². The zero-order valence-corrected chi connectivity index (χ0v) is 22.4. The summed E-state index contributed by atoms with van der Waals surface area (Å²) in [5.74, 6) is -0.729. The number of fused-ring (bicyclic) bond motifs is 8. The minimum absolute atomic E-state index is 0.0956. The lowest BCUT2D eigenvalue weighted by atomic mass is 9.96. The van der Waals surface area contributed by atoms with Crippen LogP contribution in [0, 0.1) is 0 Å². The van der Waals surface area contributed by atoms with Gasteiger partial charge in [-0.15, -0.1) is 0 Å². The maximum atomic E-state index is 13.9. The van der Waals surface area contributed by atoms with E-state index in [0.717, 1.165) is 21.9 Å². The normalized spacial score (nSPS) is 12.1. The number of hydrogen-bond acceptors (Lipinski definition) is 8. The van der Waals surface area contributed by atoms with Crippen LogP contribution in [0.5, 0.6) is 0 Å². The van der Waals surface area contributed by atoms with Crippen LogP contribution in [0.25, 0.3) is 65.7 Å². The SMILES string of the molecule is COC(=O)Cc1ccc2c(c1)nc1c3ccc4c5c(ccc(c(=O)n21)c35)c(=O)n1c2ccc(CC(=O)OC)cc2nc41. The van der Waals surface area contributed by atoms with E-state index in [1.54, 1.807) is 57.3 Å². The van der Waals surface area contributed by atoms with E-state index in [0.29, 0.717) is 54.9 Å². The van der Waals surface area contributed by atoms with Crippen molar-refractivity contribution in [2.45, 2.75) is 12.8 Å². The van der Waals surface area contributed by atoms with Crippen LogP contribution in [0.1, 0.15) is 11.1 Å². The van der Waals surface area contributed by atoms with Gasteiger partial charge in [0.1, 0.15) is 11.3 Å². The summed E-state index contributed by atoms with van der Waals surface area (Å²) in [5, 5.41) is 3.71. The topological polar surface area (TPSA) is 121 Å². The summed E-state index contributed by atoms with van der Waals surface area (Å²) < 4.78 is 12.7. The lowest BCUT2D eigenvalue weighted by molar-refractivity contribution is -0.140. The summed E-state index contributed by atoms with van der Waals surface area (Å²) in [4.78, 5) is 61.1. The van der Waals surface area contributed by atoms with Gasteiger partial charge >= 0.3 is 11.9 Å². The number of imidazole rings is 2. The number of methoxy groups -OCH3 is 2. The Balaban J connectivity index is 1.45. The van der Waals surface area contributed by atoms with Gasteiger partial charge in [0.25, 0.3) is 11.1 Å². The Morgan fingerprint density at radius 3 is 1.43 bits per heavy atom. The number of rotatable bonds is 4. The van der Waals surface area contributed by atoms with Gasteiger partial charge < -0.3 is 9.47 Å². The molecule has 0 aliphatic heterocycles. The molecule has 10 heteroatoms. The van der Waals surface area contributed by atoms with Crippen LogP contribution >= 0.6 is 0 Å². The molecule has 4 aromatic heterocycles. The summed E-state index contributed by atoms with van der Waals surface area (Å²) in [5.41, 5.74) is 4.33. The number of nitrogens with zero attached hydrogens (tertiary/aromatic N) is 4. The third-order valence-electron chi connectivity index (χ3n) is 8.10. The number of carbonyl (C=O) groups is 2. The second-order valence-electron chi connectivity index (χ2n) is 10.4. The average Bonchev–Trinajstić information content (AvgIpc) is 3.57. The largest absolute Gasteiger partial charge is 0.469 e. The number of ether oxygens (including phenoxy) is 2. The van der Waals surface area contributed by atoms with Gasteiger partial charge in [-0.3, -0.25) is 28.0 Å². The highest BCUT2D eigenvalue weighted by Crippen LogP contribution is 2.37. The van der Waals surface area contributed by atoms with Gasteiger partial charge in [0, 0.05) is 32.3 Å². The van der Waals surface area contributed by atoms with Crippen LogP contribution in [0.15, 0.2) is 70.3 Å². The summed E-state index contributed by atoms with van der Waals surface area (Å²) in [6, 6.07) is 17.9. The Morgan fingerprint density at radius 1 is 0.619 bits per heavy atom. The Morgan fingerprint density at radius 2 is 1.02 bits per heavy atom. The molecular formula is C32H20N4O6. The second kappa shape index (κ2) is 8.43. The molecule has 0 spiro atoms. The van der Waals surface area contributed by atoms with E-state index < -0.39 is 0 Å². The monoisotopic (exact) mass is 556 g/mol. The molecule has 10 nitrogen and oxygen atoms in total. The van der Waals surface area contributed by atoms with Gasteiger partial charge in [0.2, 0.25) is 0 Å². The van der Waals surface area contributed by atoms with E-state index >= 15 is 0 Å². The molecule has 42 heavy (non-hydrogen) atoms. The smallest absolute Gasteiger partial charge is 0.309 e. The summed E-state index contributed by atoms with van der Waals surface area (Å²) in [6.45, 7) is 0. The summed E-state index contributed by atoms with van der Waals surface area (Å²) in [6.07, 6.45) is 0.191. The van der Waals surface area contributed by atoms with Gasteiger partial charge in [-0.2, -0.15) is 0 Å². The zero-order valence-electron chi connectivity index (χ0n) is 22.4. The number of esters is 2. The number of aromatic nitrogens is 4. The first-order chi connectivity index (χ1) is 20.4. The van der Waals surface area contributed by atoms with Crippen LogP contribution < -0.4 is 11.1 Å². The van der Waals surface area contributed by atoms with Gasteiger partial charge in [0.05, 0.1) is 49.1 Å². The highest BCUT2D eigenvalue weighted by atomic mass is 16.5. The van der Waals surface area contributed by atoms with Gasteiger partial charge in [-0.1, -0.05) is 12.1 Å². The van der Waals surface area contributed by atoms with Crippen molar-refractivity contribution < 1.29 is 19.1 Å². The number of hydrogen-bond donors (Lipinski definition) is 0. The number of benzene rings is 4. The fourth-order valence-corrected chi connectivity index (χ4v) is 6.19. The molecule has 0 radical (unpaired) electrons. The van der Waals surface area contributed by atoms with E-state index in [9.17, 15) is 19.2 Å². The number of carbonyl (C=O) groups excluding carboxylic acids is 2. The van der Waals surface area contributed by atoms with Gasteiger partial charge in [-0.25, -0.2) is 9.97 Å². The quantitative estimate of drug-likeness (QED) is 0.237. The minimum Gasteiger partial charge on any atom is -0.469 e. The highest BCUT2D eigenvalue weighted by Gasteiger charge is 2.22.